The van der Waals surface area contributed by atoms with Gasteiger partial charge in [-0.3, -0.25) is 4.79 Å². The molecule has 1 saturated heterocycles. The SMILES string of the molecule is COc1ccc2sc(N3CCN(C(=O)c4ccc5c(c4)CCCC5)CC3)nc2c1OC. The number of amides is 1. The van der Waals surface area contributed by atoms with Gasteiger partial charge in [-0.05, 0) is 61.1 Å². The van der Waals surface area contributed by atoms with Gasteiger partial charge < -0.3 is 19.3 Å². The van der Waals surface area contributed by atoms with E-state index >= 15 is 0 Å². The first kappa shape index (κ1) is 20.1. The Labute approximate surface area is 186 Å². The number of ether oxygens (including phenoxy) is 2. The van der Waals surface area contributed by atoms with E-state index in [1.165, 1.54) is 24.0 Å². The molecule has 0 atom stereocenters. The zero-order chi connectivity index (χ0) is 21.4. The molecule has 6 nitrogen and oxygen atoms in total. The Morgan fingerprint density at radius 3 is 2.48 bits per heavy atom. The second-order valence-corrected chi connectivity index (χ2v) is 9.12. The van der Waals surface area contributed by atoms with Gasteiger partial charge in [-0.2, -0.15) is 0 Å². The lowest BCUT2D eigenvalue weighted by Gasteiger charge is -2.34. The van der Waals surface area contributed by atoms with Crippen LogP contribution in [0.3, 0.4) is 0 Å². The minimum atomic E-state index is 0.142. The fraction of sp³-hybridized carbons (Fsp3) is 0.417. The summed E-state index contributed by atoms with van der Waals surface area (Å²) in [5.74, 6) is 1.50. The van der Waals surface area contributed by atoms with Crippen molar-refractivity contribution in [3.05, 3.63) is 47.0 Å². The maximum absolute atomic E-state index is 13.1. The van der Waals surface area contributed by atoms with Crippen LogP contribution < -0.4 is 14.4 Å². The van der Waals surface area contributed by atoms with Crippen molar-refractivity contribution in [2.75, 3.05) is 45.3 Å². The van der Waals surface area contributed by atoms with Crippen LogP contribution in [0.2, 0.25) is 0 Å². The third-order valence-electron chi connectivity index (χ3n) is 6.32. The summed E-state index contributed by atoms with van der Waals surface area (Å²) in [6.45, 7) is 2.95. The molecular formula is C24H27N3O3S. The number of fused-ring (bicyclic) bond motifs is 2. The summed E-state index contributed by atoms with van der Waals surface area (Å²) in [7, 11) is 3.27. The van der Waals surface area contributed by atoms with E-state index in [2.05, 4.69) is 17.0 Å². The molecule has 31 heavy (non-hydrogen) atoms. The zero-order valence-corrected chi connectivity index (χ0v) is 18.8. The molecule has 7 heteroatoms. The highest BCUT2D eigenvalue weighted by Gasteiger charge is 2.25. The first-order valence-corrected chi connectivity index (χ1v) is 11.7. The fourth-order valence-corrected chi connectivity index (χ4v) is 5.60. The molecule has 1 amide bonds. The van der Waals surface area contributed by atoms with E-state index in [1.807, 2.05) is 23.1 Å². The third kappa shape index (κ3) is 3.71. The van der Waals surface area contributed by atoms with Crippen LogP contribution in [-0.4, -0.2) is 56.2 Å². The second kappa shape index (κ2) is 8.38. The minimum Gasteiger partial charge on any atom is -0.493 e. The molecule has 0 N–H and O–H groups in total. The second-order valence-electron chi connectivity index (χ2n) is 8.11. The quantitative estimate of drug-likeness (QED) is 0.614. The van der Waals surface area contributed by atoms with Crippen molar-refractivity contribution in [1.82, 2.24) is 9.88 Å². The van der Waals surface area contributed by atoms with Gasteiger partial charge in [-0.1, -0.05) is 17.4 Å². The predicted octanol–water partition coefficient (Wildman–Crippen LogP) is 4.15. The average Bonchev–Trinajstić information content (AvgIpc) is 3.27. The highest BCUT2D eigenvalue weighted by Crippen LogP contribution is 2.40. The summed E-state index contributed by atoms with van der Waals surface area (Å²) < 4.78 is 12.0. The molecule has 2 aliphatic rings. The molecule has 162 valence electrons. The monoisotopic (exact) mass is 437 g/mol. The van der Waals surface area contributed by atoms with E-state index in [4.69, 9.17) is 14.5 Å². The molecule has 1 fully saturated rings. The largest absolute Gasteiger partial charge is 0.493 e. The molecule has 5 rings (SSSR count). The van der Waals surface area contributed by atoms with Crippen molar-refractivity contribution in [1.29, 1.82) is 0 Å². The number of nitrogens with zero attached hydrogens (tertiary/aromatic N) is 3. The van der Waals surface area contributed by atoms with Gasteiger partial charge in [0, 0.05) is 31.7 Å². The van der Waals surface area contributed by atoms with Gasteiger partial charge in [-0.25, -0.2) is 4.98 Å². The number of hydrogen-bond acceptors (Lipinski definition) is 6. The Balaban J connectivity index is 1.30. The van der Waals surface area contributed by atoms with E-state index in [1.54, 1.807) is 25.6 Å². The van der Waals surface area contributed by atoms with E-state index < -0.39 is 0 Å². The number of rotatable bonds is 4. The lowest BCUT2D eigenvalue weighted by atomic mass is 9.90. The van der Waals surface area contributed by atoms with Crippen LogP contribution in [0.4, 0.5) is 5.13 Å². The molecule has 0 saturated carbocycles. The lowest BCUT2D eigenvalue weighted by Crippen LogP contribution is -2.48. The van der Waals surface area contributed by atoms with Gasteiger partial charge in [0.1, 0.15) is 5.52 Å². The number of hydrogen-bond donors (Lipinski definition) is 0. The molecular weight excluding hydrogens is 410 g/mol. The Hall–Kier alpha value is -2.80. The number of benzene rings is 2. The smallest absolute Gasteiger partial charge is 0.253 e. The Morgan fingerprint density at radius 2 is 1.74 bits per heavy atom. The van der Waals surface area contributed by atoms with Crippen molar-refractivity contribution >= 4 is 32.6 Å². The number of aromatic nitrogens is 1. The number of anilines is 1. The molecule has 0 bridgehead atoms. The van der Waals surface area contributed by atoms with Crippen molar-refractivity contribution in [2.45, 2.75) is 25.7 Å². The highest BCUT2D eigenvalue weighted by atomic mass is 32.1. The van der Waals surface area contributed by atoms with Crippen LogP contribution in [0.15, 0.2) is 30.3 Å². The van der Waals surface area contributed by atoms with Crippen LogP contribution in [0.25, 0.3) is 10.2 Å². The molecule has 2 aromatic carbocycles. The zero-order valence-electron chi connectivity index (χ0n) is 18.0. The van der Waals surface area contributed by atoms with Crippen LogP contribution in [0, 0.1) is 0 Å². The topological polar surface area (TPSA) is 54.9 Å². The summed E-state index contributed by atoms with van der Waals surface area (Å²) in [5, 5.41) is 0.961. The molecule has 0 unspecified atom stereocenters. The number of carbonyl (C=O) groups is 1. The summed E-state index contributed by atoms with van der Waals surface area (Å²) in [6.07, 6.45) is 4.71. The summed E-state index contributed by atoms with van der Waals surface area (Å²) in [6, 6.07) is 10.2. The molecule has 0 spiro atoms. The minimum absolute atomic E-state index is 0.142. The average molecular weight is 438 g/mol. The summed E-state index contributed by atoms with van der Waals surface area (Å²) in [4.78, 5) is 22.1. The van der Waals surface area contributed by atoms with Crippen LogP contribution in [-0.2, 0) is 12.8 Å². The Morgan fingerprint density at radius 1 is 0.968 bits per heavy atom. The summed E-state index contributed by atoms with van der Waals surface area (Å²) in [5.41, 5.74) is 4.42. The van der Waals surface area contributed by atoms with Crippen LogP contribution in [0.5, 0.6) is 11.5 Å². The number of thiazole rings is 1. The Kier molecular flexibility index (Phi) is 5.44. The van der Waals surface area contributed by atoms with Crippen LogP contribution >= 0.6 is 11.3 Å². The Bertz CT molecular complexity index is 1120. The molecule has 2 heterocycles. The van der Waals surface area contributed by atoms with E-state index in [0.717, 1.165) is 46.8 Å². The van der Waals surface area contributed by atoms with Gasteiger partial charge in [0.25, 0.3) is 5.91 Å². The maximum atomic E-state index is 13.1. The molecule has 0 radical (unpaired) electrons. The third-order valence-corrected chi connectivity index (χ3v) is 7.41. The van der Waals surface area contributed by atoms with Gasteiger partial charge in [0.15, 0.2) is 16.6 Å². The van der Waals surface area contributed by atoms with Crippen molar-refractivity contribution in [2.24, 2.45) is 0 Å². The predicted molar refractivity (Wildman–Crippen MR) is 124 cm³/mol. The molecule has 3 aromatic rings. The lowest BCUT2D eigenvalue weighted by molar-refractivity contribution is 0.0746. The molecule has 1 aromatic heterocycles. The number of methoxy groups -OCH3 is 2. The molecule has 1 aliphatic carbocycles. The van der Waals surface area contributed by atoms with Crippen molar-refractivity contribution < 1.29 is 14.3 Å². The first-order chi connectivity index (χ1) is 15.2. The number of aryl methyl sites for hydroxylation is 2. The van der Waals surface area contributed by atoms with Gasteiger partial charge in [-0.15, -0.1) is 0 Å². The van der Waals surface area contributed by atoms with E-state index in [0.29, 0.717) is 24.6 Å². The summed E-state index contributed by atoms with van der Waals surface area (Å²) >= 11 is 1.65. The van der Waals surface area contributed by atoms with E-state index in [9.17, 15) is 4.79 Å². The molecule has 1 aliphatic heterocycles. The van der Waals surface area contributed by atoms with Crippen molar-refractivity contribution in [3.63, 3.8) is 0 Å². The number of piperazine rings is 1. The van der Waals surface area contributed by atoms with Gasteiger partial charge >= 0.3 is 0 Å². The van der Waals surface area contributed by atoms with Crippen molar-refractivity contribution in [3.8, 4) is 11.5 Å². The number of carbonyl (C=O) groups excluding carboxylic acids is 1. The van der Waals surface area contributed by atoms with E-state index in [-0.39, 0.29) is 5.91 Å². The normalized spacial score (nSPS) is 16.3. The van der Waals surface area contributed by atoms with Crippen LogP contribution in [0.1, 0.15) is 34.3 Å². The fourth-order valence-electron chi connectivity index (χ4n) is 4.58. The van der Waals surface area contributed by atoms with Gasteiger partial charge in [0.05, 0.1) is 18.9 Å². The van der Waals surface area contributed by atoms with Gasteiger partial charge in [0.2, 0.25) is 0 Å². The standard InChI is InChI=1S/C24H27N3O3S/c1-29-19-9-10-20-21(22(19)30-2)25-24(31-20)27-13-11-26(12-14-27)23(28)18-8-7-16-5-3-4-6-17(16)15-18/h7-10,15H,3-6,11-14H2,1-2H3. The first-order valence-electron chi connectivity index (χ1n) is 10.9. The highest BCUT2D eigenvalue weighted by molar-refractivity contribution is 7.22. The maximum Gasteiger partial charge on any atom is 0.253 e.